The minimum atomic E-state index is 0.346. The summed E-state index contributed by atoms with van der Waals surface area (Å²) in [7, 11) is 0. The zero-order chi connectivity index (χ0) is 14.1. The lowest BCUT2D eigenvalue weighted by Crippen LogP contribution is -2.29. The summed E-state index contributed by atoms with van der Waals surface area (Å²) in [5.41, 5.74) is 0.536. The molecule has 0 aliphatic heterocycles. The van der Waals surface area contributed by atoms with E-state index in [1.165, 1.54) is 25.7 Å². The van der Waals surface area contributed by atoms with Crippen LogP contribution in [0.1, 0.15) is 59.8 Å². The van der Waals surface area contributed by atoms with Crippen molar-refractivity contribution in [3.8, 4) is 0 Å². The molecule has 114 valence electrons. The summed E-state index contributed by atoms with van der Waals surface area (Å²) in [4.78, 5) is 0. The van der Waals surface area contributed by atoms with Gasteiger partial charge in [0.25, 0.3) is 0 Å². The van der Waals surface area contributed by atoms with Crippen molar-refractivity contribution in [1.82, 2.24) is 5.32 Å². The topological polar surface area (TPSA) is 30.5 Å². The average molecular weight is 271 g/mol. The summed E-state index contributed by atoms with van der Waals surface area (Å²) >= 11 is 0. The van der Waals surface area contributed by atoms with Crippen LogP contribution in [0, 0.1) is 5.41 Å². The van der Waals surface area contributed by atoms with E-state index in [-0.39, 0.29) is 0 Å². The van der Waals surface area contributed by atoms with Crippen LogP contribution < -0.4 is 5.32 Å². The Balaban J connectivity index is 1.86. The maximum atomic E-state index is 5.93. The first-order valence-corrected chi connectivity index (χ1v) is 7.93. The third-order valence-corrected chi connectivity index (χ3v) is 3.87. The Morgan fingerprint density at radius 1 is 1.11 bits per heavy atom. The zero-order valence-electron chi connectivity index (χ0n) is 13.3. The fraction of sp³-hybridized carbons (Fsp3) is 1.00. The van der Waals surface area contributed by atoms with Crippen molar-refractivity contribution >= 4 is 0 Å². The summed E-state index contributed by atoms with van der Waals surface area (Å²) < 4.78 is 11.4. The van der Waals surface area contributed by atoms with E-state index in [1.807, 2.05) is 0 Å². The van der Waals surface area contributed by atoms with Gasteiger partial charge >= 0.3 is 0 Å². The number of hydrogen-bond donors (Lipinski definition) is 1. The third-order valence-electron chi connectivity index (χ3n) is 3.87. The number of hydrogen-bond acceptors (Lipinski definition) is 3. The normalized spacial score (nSPS) is 20.1. The van der Waals surface area contributed by atoms with E-state index in [0.29, 0.717) is 17.6 Å². The molecule has 0 aromatic carbocycles. The molecule has 0 atom stereocenters. The van der Waals surface area contributed by atoms with Crippen LogP contribution in [0.3, 0.4) is 0 Å². The first kappa shape index (κ1) is 16.9. The molecule has 0 heterocycles. The first-order chi connectivity index (χ1) is 8.99. The van der Waals surface area contributed by atoms with E-state index in [1.54, 1.807) is 0 Å². The molecule has 3 heteroatoms. The van der Waals surface area contributed by atoms with Gasteiger partial charge in [-0.05, 0) is 57.9 Å². The van der Waals surface area contributed by atoms with Crippen LogP contribution in [-0.4, -0.2) is 38.5 Å². The maximum absolute atomic E-state index is 5.93. The zero-order valence-corrected chi connectivity index (χ0v) is 13.3. The molecule has 0 bridgehead atoms. The van der Waals surface area contributed by atoms with Gasteiger partial charge in [-0.25, -0.2) is 0 Å². The fourth-order valence-corrected chi connectivity index (χ4v) is 2.48. The number of rotatable bonds is 9. The molecule has 0 saturated heterocycles. The second kappa shape index (κ2) is 8.93. The smallest absolute Gasteiger partial charge is 0.0594 e. The Hall–Kier alpha value is -0.120. The largest absolute Gasteiger partial charge is 0.379 e. The Labute approximate surface area is 119 Å². The molecule has 1 rings (SSSR count). The summed E-state index contributed by atoms with van der Waals surface area (Å²) in [6.07, 6.45) is 6.99. The second-order valence-electron chi connectivity index (χ2n) is 6.76. The highest BCUT2D eigenvalue weighted by Gasteiger charge is 2.26. The lowest BCUT2D eigenvalue weighted by molar-refractivity contribution is 0.00579. The SMILES string of the molecule is CC(C)OCCCNCCOC1CCC(C)(C)CC1. The van der Waals surface area contributed by atoms with E-state index in [0.717, 1.165) is 32.7 Å². The molecular weight excluding hydrogens is 238 g/mol. The van der Waals surface area contributed by atoms with E-state index in [9.17, 15) is 0 Å². The lowest BCUT2D eigenvalue weighted by atomic mass is 9.76. The highest BCUT2D eigenvalue weighted by molar-refractivity contribution is 4.78. The van der Waals surface area contributed by atoms with Gasteiger partial charge in [0.15, 0.2) is 0 Å². The monoisotopic (exact) mass is 271 g/mol. The van der Waals surface area contributed by atoms with Crippen LogP contribution in [-0.2, 0) is 9.47 Å². The van der Waals surface area contributed by atoms with Gasteiger partial charge in [-0.3, -0.25) is 0 Å². The fourth-order valence-electron chi connectivity index (χ4n) is 2.48. The minimum Gasteiger partial charge on any atom is -0.379 e. The Kier molecular flexibility index (Phi) is 7.96. The van der Waals surface area contributed by atoms with Gasteiger partial charge in [0.2, 0.25) is 0 Å². The van der Waals surface area contributed by atoms with Gasteiger partial charge in [-0.1, -0.05) is 13.8 Å². The molecule has 0 unspecified atom stereocenters. The molecule has 1 N–H and O–H groups in total. The quantitative estimate of drug-likeness (QED) is 0.652. The predicted molar refractivity (Wildman–Crippen MR) is 80.6 cm³/mol. The van der Waals surface area contributed by atoms with Crippen LogP contribution in [0.4, 0.5) is 0 Å². The van der Waals surface area contributed by atoms with Crippen molar-refractivity contribution in [3.63, 3.8) is 0 Å². The van der Waals surface area contributed by atoms with Crippen molar-refractivity contribution in [2.75, 3.05) is 26.3 Å². The van der Waals surface area contributed by atoms with Gasteiger partial charge in [0.1, 0.15) is 0 Å². The molecule has 1 saturated carbocycles. The molecule has 3 nitrogen and oxygen atoms in total. The first-order valence-electron chi connectivity index (χ1n) is 7.93. The van der Waals surface area contributed by atoms with Gasteiger partial charge in [0, 0.05) is 13.2 Å². The van der Waals surface area contributed by atoms with Gasteiger partial charge in [-0.15, -0.1) is 0 Å². The molecule has 0 spiro atoms. The Morgan fingerprint density at radius 2 is 1.79 bits per heavy atom. The molecule has 1 aliphatic carbocycles. The standard InChI is InChI=1S/C16H33NO2/c1-14(2)18-12-5-10-17-11-13-19-15-6-8-16(3,4)9-7-15/h14-15,17H,5-13H2,1-4H3. The van der Waals surface area contributed by atoms with Crippen LogP contribution in [0.5, 0.6) is 0 Å². The molecule has 0 amide bonds. The Morgan fingerprint density at radius 3 is 2.42 bits per heavy atom. The van der Waals surface area contributed by atoms with Crippen molar-refractivity contribution in [1.29, 1.82) is 0 Å². The van der Waals surface area contributed by atoms with Crippen molar-refractivity contribution in [3.05, 3.63) is 0 Å². The van der Waals surface area contributed by atoms with Gasteiger partial charge in [0.05, 0.1) is 18.8 Å². The van der Waals surface area contributed by atoms with Crippen molar-refractivity contribution in [2.45, 2.75) is 72.0 Å². The summed E-state index contributed by atoms with van der Waals surface area (Å²) in [5.74, 6) is 0. The lowest BCUT2D eigenvalue weighted by Gasteiger charge is -2.34. The third kappa shape index (κ3) is 8.61. The van der Waals surface area contributed by atoms with Crippen LogP contribution in [0.15, 0.2) is 0 Å². The highest BCUT2D eigenvalue weighted by Crippen LogP contribution is 2.35. The summed E-state index contributed by atoms with van der Waals surface area (Å²) in [6.45, 7) is 12.6. The molecule has 1 fully saturated rings. The second-order valence-corrected chi connectivity index (χ2v) is 6.76. The Bertz CT molecular complexity index is 219. The number of nitrogens with one attached hydrogen (secondary N) is 1. The molecular formula is C16H33NO2. The minimum absolute atomic E-state index is 0.346. The molecule has 19 heavy (non-hydrogen) atoms. The highest BCUT2D eigenvalue weighted by atomic mass is 16.5. The molecule has 0 aromatic rings. The van der Waals surface area contributed by atoms with E-state index in [2.05, 4.69) is 33.0 Å². The predicted octanol–water partition coefficient (Wildman–Crippen LogP) is 3.38. The van der Waals surface area contributed by atoms with Crippen molar-refractivity contribution < 1.29 is 9.47 Å². The number of ether oxygens (including phenoxy) is 2. The molecule has 0 radical (unpaired) electrons. The van der Waals surface area contributed by atoms with E-state index < -0.39 is 0 Å². The van der Waals surface area contributed by atoms with E-state index in [4.69, 9.17) is 9.47 Å². The molecule has 0 aromatic heterocycles. The van der Waals surface area contributed by atoms with Crippen molar-refractivity contribution in [2.24, 2.45) is 5.41 Å². The average Bonchev–Trinajstić information content (AvgIpc) is 2.34. The van der Waals surface area contributed by atoms with Crippen LogP contribution >= 0.6 is 0 Å². The maximum Gasteiger partial charge on any atom is 0.0594 e. The van der Waals surface area contributed by atoms with Crippen LogP contribution in [0.25, 0.3) is 0 Å². The molecule has 1 aliphatic rings. The summed E-state index contributed by atoms with van der Waals surface area (Å²) in [6, 6.07) is 0. The van der Waals surface area contributed by atoms with Gasteiger partial charge < -0.3 is 14.8 Å². The summed E-state index contributed by atoms with van der Waals surface area (Å²) in [5, 5.41) is 3.41. The van der Waals surface area contributed by atoms with Gasteiger partial charge in [-0.2, -0.15) is 0 Å². The van der Waals surface area contributed by atoms with Crippen LogP contribution in [0.2, 0.25) is 0 Å². The van der Waals surface area contributed by atoms with E-state index >= 15 is 0 Å².